The minimum absolute atomic E-state index is 0.100. The highest BCUT2D eigenvalue weighted by molar-refractivity contribution is 7.71. The van der Waals surface area contributed by atoms with Crippen molar-refractivity contribution in [3.05, 3.63) is 26.9 Å². The number of aromatic nitrogens is 2. The zero-order valence-corrected chi connectivity index (χ0v) is 14.5. The summed E-state index contributed by atoms with van der Waals surface area (Å²) in [6, 6.07) is 3.70. The number of nitrogens with one attached hydrogen (secondary N) is 1. The van der Waals surface area contributed by atoms with Crippen molar-refractivity contribution in [3.8, 4) is 0 Å². The summed E-state index contributed by atoms with van der Waals surface area (Å²) in [5, 5.41) is 1.09. The second kappa shape index (κ2) is 5.68. The molecule has 0 bridgehead atoms. The van der Waals surface area contributed by atoms with Crippen LogP contribution in [0.3, 0.4) is 0 Å². The smallest absolute Gasteiger partial charge is 0.178 e. The Labute approximate surface area is 134 Å². The van der Waals surface area contributed by atoms with E-state index in [1.165, 1.54) is 0 Å². The summed E-state index contributed by atoms with van der Waals surface area (Å²) in [4.78, 5) is 5.37. The number of fused-ring (bicyclic) bond motifs is 1. The van der Waals surface area contributed by atoms with Crippen molar-refractivity contribution in [2.75, 3.05) is 20.6 Å². The van der Waals surface area contributed by atoms with Gasteiger partial charge in [0.2, 0.25) is 0 Å². The lowest BCUT2D eigenvalue weighted by molar-refractivity contribution is 0.212. The number of rotatable bonds is 4. The van der Waals surface area contributed by atoms with E-state index in [2.05, 4.69) is 42.4 Å². The fourth-order valence-corrected chi connectivity index (χ4v) is 3.24. The van der Waals surface area contributed by atoms with Gasteiger partial charge in [0.15, 0.2) is 4.77 Å². The third kappa shape index (κ3) is 3.37. The average Bonchev–Trinajstić information content (AvgIpc) is 2.54. The first-order valence-electron chi connectivity index (χ1n) is 6.42. The van der Waals surface area contributed by atoms with E-state index in [1.807, 2.05) is 12.1 Å². The number of benzene rings is 1. The van der Waals surface area contributed by atoms with Crippen LogP contribution in [0.25, 0.3) is 11.0 Å². The van der Waals surface area contributed by atoms with E-state index in [0.717, 1.165) is 24.1 Å². The van der Waals surface area contributed by atoms with Crippen molar-refractivity contribution in [1.82, 2.24) is 14.5 Å². The molecule has 0 amide bonds. The number of aromatic amines is 1. The summed E-state index contributed by atoms with van der Waals surface area (Å²) in [7, 11) is 4.15. The van der Waals surface area contributed by atoms with Crippen LogP contribution in [-0.4, -0.2) is 35.1 Å². The molecule has 1 N–H and O–H groups in total. The van der Waals surface area contributed by atoms with Gasteiger partial charge in [-0.2, -0.15) is 0 Å². The van der Waals surface area contributed by atoms with E-state index < -0.39 is 0 Å². The predicted molar refractivity (Wildman–Crippen MR) is 89.5 cm³/mol. The summed E-state index contributed by atoms with van der Waals surface area (Å²) >= 11 is 17.6. The van der Waals surface area contributed by atoms with Gasteiger partial charge in [-0.3, -0.25) is 0 Å². The highest BCUT2D eigenvalue weighted by atomic mass is 35.5. The molecule has 2 aromatic rings. The topological polar surface area (TPSA) is 24.0 Å². The van der Waals surface area contributed by atoms with E-state index in [0.29, 0.717) is 14.8 Å². The molecular formula is C14H19Cl2N3S. The van der Waals surface area contributed by atoms with Gasteiger partial charge in [-0.25, -0.2) is 0 Å². The number of hydrogen-bond acceptors (Lipinski definition) is 2. The van der Waals surface area contributed by atoms with Crippen molar-refractivity contribution in [1.29, 1.82) is 0 Å². The van der Waals surface area contributed by atoms with E-state index in [4.69, 9.17) is 35.4 Å². The Balaban J connectivity index is 2.47. The molecule has 110 valence electrons. The maximum absolute atomic E-state index is 6.12. The molecule has 0 aliphatic heterocycles. The van der Waals surface area contributed by atoms with E-state index in [1.54, 1.807) is 0 Å². The quantitative estimate of drug-likeness (QED) is 0.828. The molecule has 0 spiro atoms. The van der Waals surface area contributed by atoms with Crippen molar-refractivity contribution >= 4 is 46.5 Å². The Morgan fingerprint density at radius 1 is 1.25 bits per heavy atom. The van der Waals surface area contributed by atoms with Crippen LogP contribution < -0.4 is 0 Å². The Morgan fingerprint density at radius 2 is 1.85 bits per heavy atom. The van der Waals surface area contributed by atoms with Crippen molar-refractivity contribution in [3.63, 3.8) is 0 Å². The van der Waals surface area contributed by atoms with Crippen LogP contribution in [-0.2, 0) is 6.54 Å². The van der Waals surface area contributed by atoms with E-state index >= 15 is 0 Å². The zero-order valence-electron chi connectivity index (χ0n) is 12.1. The molecule has 0 saturated carbocycles. The molecule has 1 aromatic carbocycles. The fourth-order valence-electron chi connectivity index (χ4n) is 2.64. The van der Waals surface area contributed by atoms with Gasteiger partial charge in [-0.1, -0.05) is 37.0 Å². The Hall–Kier alpha value is -0.550. The van der Waals surface area contributed by atoms with Crippen LogP contribution in [0.4, 0.5) is 0 Å². The SMILES string of the molecule is CN(C)CC(C)(C)Cn1c(=S)[nH]c2cc(Cl)c(Cl)cc21. The van der Waals surface area contributed by atoms with Gasteiger partial charge in [-0.15, -0.1) is 0 Å². The number of halogens is 2. The van der Waals surface area contributed by atoms with Gasteiger partial charge in [0.05, 0.1) is 21.1 Å². The molecule has 0 aliphatic rings. The van der Waals surface area contributed by atoms with Crippen LogP contribution in [0.2, 0.25) is 10.0 Å². The summed E-state index contributed by atoms with van der Waals surface area (Å²) in [5.41, 5.74) is 2.02. The van der Waals surface area contributed by atoms with Crippen molar-refractivity contribution in [2.45, 2.75) is 20.4 Å². The normalized spacial score (nSPS) is 12.6. The highest BCUT2D eigenvalue weighted by Crippen LogP contribution is 2.29. The zero-order chi connectivity index (χ0) is 15.1. The number of hydrogen-bond donors (Lipinski definition) is 1. The lowest BCUT2D eigenvalue weighted by Crippen LogP contribution is -2.32. The highest BCUT2D eigenvalue weighted by Gasteiger charge is 2.21. The average molecular weight is 332 g/mol. The summed E-state index contributed by atoms with van der Waals surface area (Å²) in [6.07, 6.45) is 0. The Kier molecular flexibility index (Phi) is 4.50. The van der Waals surface area contributed by atoms with E-state index in [9.17, 15) is 0 Å². The molecular weight excluding hydrogens is 313 g/mol. The van der Waals surface area contributed by atoms with Crippen LogP contribution in [0.15, 0.2) is 12.1 Å². The predicted octanol–water partition coefficient (Wildman–Crippen LogP) is 4.59. The molecule has 20 heavy (non-hydrogen) atoms. The summed E-state index contributed by atoms with van der Waals surface area (Å²) in [5.74, 6) is 0. The molecule has 0 fully saturated rings. The maximum Gasteiger partial charge on any atom is 0.178 e. The second-order valence-corrected chi connectivity index (χ2v) is 7.40. The van der Waals surface area contributed by atoms with Gasteiger partial charge in [0.25, 0.3) is 0 Å². The minimum Gasteiger partial charge on any atom is -0.331 e. The van der Waals surface area contributed by atoms with Crippen molar-refractivity contribution < 1.29 is 0 Å². The standard InChI is InChI=1S/C14H19Cl2N3S/c1-14(2,7-18(3)4)8-19-12-6-10(16)9(15)5-11(12)17-13(19)20/h5-6H,7-8H2,1-4H3,(H,17,20). The third-order valence-corrected chi connectivity index (χ3v) is 4.19. The second-order valence-electron chi connectivity index (χ2n) is 6.20. The first-order chi connectivity index (χ1) is 9.19. The summed E-state index contributed by atoms with van der Waals surface area (Å²) in [6.45, 7) is 6.25. The summed E-state index contributed by atoms with van der Waals surface area (Å²) < 4.78 is 2.79. The van der Waals surface area contributed by atoms with Crippen molar-refractivity contribution in [2.24, 2.45) is 5.41 Å². The molecule has 6 heteroatoms. The molecule has 1 heterocycles. The van der Waals surface area contributed by atoms with Gasteiger partial charge in [-0.05, 0) is 43.9 Å². The molecule has 0 saturated heterocycles. The molecule has 0 radical (unpaired) electrons. The van der Waals surface area contributed by atoms with Gasteiger partial charge in [0.1, 0.15) is 0 Å². The molecule has 0 atom stereocenters. The first-order valence-corrected chi connectivity index (χ1v) is 7.58. The van der Waals surface area contributed by atoms with Crippen LogP contribution in [0, 0.1) is 10.2 Å². The van der Waals surface area contributed by atoms with E-state index in [-0.39, 0.29) is 5.41 Å². The number of nitrogens with zero attached hydrogens (tertiary/aromatic N) is 2. The minimum atomic E-state index is 0.100. The molecule has 3 nitrogen and oxygen atoms in total. The van der Waals surface area contributed by atoms with Gasteiger partial charge in [0, 0.05) is 13.1 Å². The van der Waals surface area contributed by atoms with Gasteiger partial charge < -0.3 is 14.5 Å². The monoisotopic (exact) mass is 331 g/mol. The molecule has 0 unspecified atom stereocenters. The Bertz CT molecular complexity index is 686. The lowest BCUT2D eigenvalue weighted by Gasteiger charge is -2.28. The molecule has 0 aliphatic carbocycles. The molecule has 2 rings (SSSR count). The maximum atomic E-state index is 6.12. The lowest BCUT2D eigenvalue weighted by atomic mass is 9.93. The van der Waals surface area contributed by atoms with Crippen LogP contribution in [0.5, 0.6) is 0 Å². The first kappa shape index (κ1) is 15.8. The Morgan fingerprint density at radius 3 is 2.45 bits per heavy atom. The van der Waals surface area contributed by atoms with Crippen LogP contribution in [0.1, 0.15) is 13.8 Å². The third-order valence-electron chi connectivity index (χ3n) is 3.15. The largest absolute Gasteiger partial charge is 0.331 e. The number of imidazole rings is 1. The molecule has 1 aromatic heterocycles. The van der Waals surface area contributed by atoms with Crippen LogP contribution >= 0.6 is 35.4 Å². The fraction of sp³-hybridized carbons (Fsp3) is 0.500. The van der Waals surface area contributed by atoms with Gasteiger partial charge >= 0.3 is 0 Å². The number of H-pyrrole nitrogens is 1.